The van der Waals surface area contributed by atoms with Crippen molar-refractivity contribution < 1.29 is 4.79 Å². The molecule has 0 saturated carbocycles. The van der Waals surface area contributed by atoms with Gasteiger partial charge in [-0.2, -0.15) is 5.10 Å². The SMILES string of the molecule is O=C(Cn1nc(-c2ccccc2)cc1-c1ccccc1)N1CCN(c2ncncn2)CC1. The molecule has 1 fully saturated rings. The predicted octanol–water partition coefficient (Wildman–Crippen LogP) is 2.75. The fourth-order valence-corrected chi connectivity index (χ4v) is 3.91. The van der Waals surface area contributed by atoms with Gasteiger partial charge >= 0.3 is 0 Å². The number of piperazine rings is 1. The van der Waals surface area contributed by atoms with Crippen LogP contribution in [0.3, 0.4) is 0 Å². The zero-order valence-electron chi connectivity index (χ0n) is 17.6. The number of amides is 1. The van der Waals surface area contributed by atoms with Gasteiger partial charge in [0.25, 0.3) is 0 Å². The second kappa shape index (κ2) is 8.97. The number of carbonyl (C=O) groups excluding carboxylic acids is 1. The molecular formula is C24H23N7O. The van der Waals surface area contributed by atoms with Crippen molar-refractivity contribution in [2.75, 3.05) is 31.1 Å². The maximum atomic E-state index is 13.1. The van der Waals surface area contributed by atoms with Crippen molar-refractivity contribution in [1.82, 2.24) is 29.6 Å². The highest BCUT2D eigenvalue weighted by atomic mass is 16.2. The Bertz CT molecular complexity index is 1170. The zero-order valence-corrected chi connectivity index (χ0v) is 17.6. The van der Waals surface area contributed by atoms with E-state index >= 15 is 0 Å². The van der Waals surface area contributed by atoms with Gasteiger partial charge in [-0.25, -0.2) is 15.0 Å². The number of rotatable bonds is 5. The van der Waals surface area contributed by atoms with E-state index in [-0.39, 0.29) is 12.5 Å². The fourth-order valence-electron chi connectivity index (χ4n) is 3.91. The lowest BCUT2D eigenvalue weighted by atomic mass is 10.1. The van der Waals surface area contributed by atoms with Crippen molar-refractivity contribution in [2.24, 2.45) is 0 Å². The summed E-state index contributed by atoms with van der Waals surface area (Å²) in [5, 5.41) is 4.79. The molecule has 0 atom stereocenters. The molecule has 4 aromatic rings. The second-order valence-electron chi connectivity index (χ2n) is 7.61. The quantitative estimate of drug-likeness (QED) is 0.489. The van der Waals surface area contributed by atoms with Crippen molar-refractivity contribution in [3.8, 4) is 22.5 Å². The van der Waals surface area contributed by atoms with Gasteiger partial charge < -0.3 is 9.80 Å². The largest absolute Gasteiger partial charge is 0.338 e. The molecule has 5 rings (SSSR count). The van der Waals surface area contributed by atoms with E-state index in [1.54, 1.807) is 0 Å². The topological polar surface area (TPSA) is 80.0 Å². The molecule has 1 saturated heterocycles. The number of carbonyl (C=O) groups is 1. The van der Waals surface area contributed by atoms with Gasteiger partial charge in [0.15, 0.2) is 0 Å². The Kier molecular flexibility index (Phi) is 5.57. The Morgan fingerprint density at radius 1 is 0.812 bits per heavy atom. The molecule has 1 amide bonds. The highest BCUT2D eigenvalue weighted by molar-refractivity contribution is 5.78. The van der Waals surface area contributed by atoms with Gasteiger partial charge in [0.2, 0.25) is 11.9 Å². The van der Waals surface area contributed by atoms with Gasteiger partial charge in [0.05, 0.1) is 11.4 Å². The average molecular weight is 425 g/mol. The summed E-state index contributed by atoms with van der Waals surface area (Å²) in [5.41, 5.74) is 3.86. The van der Waals surface area contributed by atoms with Gasteiger partial charge in [-0.15, -0.1) is 0 Å². The lowest BCUT2D eigenvalue weighted by Crippen LogP contribution is -2.50. The second-order valence-corrected chi connectivity index (χ2v) is 7.61. The van der Waals surface area contributed by atoms with Crippen molar-refractivity contribution in [2.45, 2.75) is 6.54 Å². The number of anilines is 1. The van der Waals surface area contributed by atoms with E-state index < -0.39 is 0 Å². The molecule has 32 heavy (non-hydrogen) atoms. The monoisotopic (exact) mass is 425 g/mol. The third kappa shape index (κ3) is 4.20. The number of hydrogen-bond acceptors (Lipinski definition) is 6. The van der Waals surface area contributed by atoms with Crippen molar-refractivity contribution in [3.63, 3.8) is 0 Å². The van der Waals surface area contributed by atoms with Gasteiger partial charge in [-0.1, -0.05) is 60.7 Å². The molecule has 1 aliphatic rings. The molecule has 0 radical (unpaired) electrons. The summed E-state index contributed by atoms with van der Waals surface area (Å²) < 4.78 is 1.82. The molecule has 8 nitrogen and oxygen atoms in total. The standard InChI is InChI=1S/C24H23N7O/c32-23(29-11-13-30(14-12-29)24-26-17-25-18-27-24)16-31-22(20-9-5-2-6-10-20)15-21(28-31)19-7-3-1-4-8-19/h1-10,15,17-18H,11-14,16H2. The van der Waals surface area contributed by atoms with E-state index in [2.05, 4.69) is 25.9 Å². The summed E-state index contributed by atoms with van der Waals surface area (Å²) in [6.45, 7) is 2.82. The Balaban J connectivity index is 1.34. The van der Waals surface area contributed by atoms with Crippen LogP contribution in [0.25, 0.3) is 22.5 Å². The number of aromatic nitrogens is 5. The summed E-state index contributed by atoms with van der Waals surface area (Å²) in [5.74, 6) is 0.707. The van der Waals surface area contributed by atoms with Crippen LogP contribution in [0, 0.1) is 0 Å². The molecule has 3 heterocycles. The van der Waals surface area contributed by atoms with E-state index in [0.717, 1.165) is 22.5 Å². The van der Waals surface area contributed by atoms with Crippen LogP contribution in [0.5, 0.6) is 0 Å². The van der Waals surface area contributed by atoms with Crippen molar-refractivity contribution in [3.05, 3.63) is 79.4 Å². The van der Waals surface area contributed by atoms with E-state index in [1.807, 2.05) is 70.2 Å². The molecule has 0 N–H and O–H groups in total. The summed E-state index contributed by atoms with van der Waals surface area (Å²) in [6.07, 6.45) is 2.99. The minimum absolute atomic E-state index is 0.0557. The first-order chi connectivity index (χ1) is 15.8. The molecule has 0 spiro atoms. The summed E-state index contributed by atoms with van der Waals surface area (Å²) in [4.78, 5) is 29.4. The van der Waals surface area contributed by atoms with Crippen LogP contribution in [-0.4, -0.2) is 61.7 Å². The number of benzene rings is 2. The van der Waals surface area contributed by atoms with Gasteiger partial charge in [0.1, 0.15) is 19.2 Å². The van der Waals surface area contributed by atoms with Crippen LogP contribution in [0.4, 0.5) is 5.95 Å². The lowest BCUT2D eigenvalue weighted by molar-refractivity contribution is -0.132. The van der Waals surface area contributed by atoms with E-state index in [1.165, 1.54) is 12.7 Å². The van der Waals surface area contributed by atoms with Crippen molar-refractivity contribution >= 4 is 11.9 Å². The molecule has 0 bridgehead atoms. The average Bonchev–Trinajstić information content (AvgIpc) is 3.29. The Labute approximate surface area is 186 Å². The van der Waals surface area contributed by atoms with Gasteiger partial charge in [-0.05, 0) is 11.6 Å². The van der Waals surface area contributed by atoms with Crippen LogP contribution < -0.4 is 4.90 Å². The highest BCUT2D eigenvalue weighted by Gasteiger charge is 2.24. The third-order valence-electron chi connectivity index (χ3n) is 5.60. The first-order valence-corrected chi connectivity index (χ1v) is 10.6. The molecule has 1 aliphatic heterocycles. The van der Waals surface area contributed by atoms with Crippen LogP contribution in [-0.2, 0) is 11.3 Å². The summed E-state index contributed by atoms with van der Waals surface area (Å²) >= 11 is 0. The molecule has 8 heteroatoms. The molecule has 0 aliphatic carbocycles. The maximum absolute atomic E-state index is 13.1. The Morgan fingerprint density at radius 3 is 2.09 bits per heavy atom. The van der Waals surface area contributed by atoms with Crippen LogP contribution >= 0.6 is 0 Å². The van der Waals surface area contributed by atoms with Crippen molar-refractivity contribution in [1.29, 1.82) is 0 Å². The molecule has 160 valence electrons. The van der Waals surface area contributed by atoms with Crippen LogP contribution in [0.1, 0.15) is 0 Å². The number of hydrogen-bond donors (Lipinski definition) is 0. The lowest BCUT2D eigenvalue weighted by Gasteiger charge is -2.34. The summed E-state index contributed by atoms with van der Waals surface area (Å²) in [6, 6.07) is 22.2. The minimum Gasteiger partial charge on any atom is -0.338 e. The molecular weight excluding hydrogens is 402 g/mol. The Morgan fingerprint density at radius 2 is 1.44 bits per heavy atom. The zero-order chi connectivity index (χ0) is 21.8. The maximum Gasteiger partial charge on any atom is 0.244 e. The van der Waals surface area contributed by atoms with Crippen LogP contribution in [0.2, 0.25) is 0 Å². The normalized spacial score (nSPS) is 13.9. The Hall–Kier alpha value is -4.07. The van der Waals surface area contributed by atoms with Crippen LogP contribution in [0.15, 0.2) is 79.4 Å². The van der Waals surface area contributed by atoms with Gasteiger partial charge in [-0.3, -0.25) is 9.48 Å². The first-order valence-electron chi connectivity index (χ1n) is 10.6. The minimum atomic E-state index is 0.0557. The fraction of sp³-hybridized carbons (Fsp3) is 0.208. The third-order valence-corrected chi connectivity index (χ3v) is 5.60. The highest BCUT2D eigenvalue weighted by Crippen LogP contribution is 2.26. The smallest absolute Gasteiger partial charge is 0.244 e. The van der Waals surface area contributed by atoms with E-state index in [0.29, 0.717) is 32.1 Å². The molecule has 2 aromatic heterocycles. The van der Waals surface area contributed by atoms with E-state index in [4.69, 9.17) is 5.10 Å². The predicted molar refractivity (Wildman–Crippen MR) is 122 cm³/mol. The summed E-state index contributed by atoms with van der Waals surface area (Å²) in [7, 11) is 0. The van der Waals surface area contributed by atoms with Gasteiger partial charge in [0, 0.05) is 31.7 Å². The number of nitrogens with zero attached hydrogens (tertiary/aromatic N) is 7. The first kappa shape index (κ1) is 19.9. The van der Waals surface area contributed by atoms with E-state index in [9.17, 15) is 4.79 Å². The molecule has 0 unspecified atom stereocenters. The molecule has 2 aromatic carbocycles.